The van der Waals surface area contributed by atoms with Gasteiger partial charge in [-0.2, -0.15) is 0 Å². The largest absolute Gasteiger partial charge is 0.497 e. The molecule has 0 saturated heterocycles. The van der Waals surface area contributed by atoms with E-state index in [1.807, 2.05) is 64.5 Å². The van der Waals surface area contributed by atoms with Gasteiger partial charge in [-0.15, -0.1) is 22.7 Å². The number of benzene rings is 3. The summed E-state index contributed by atoms with van der Waals surface area (Å²) in [5.41, 5.74) is 6.25. The third-order valence-electron chi connectivity index (χ3n) is 5.74. The van der Waals surface area contributed by atoms with Crippen LogP contribution in [0.25, 0.3) is 37.0 Å². The summed E-state index contributed by atoms with van der Waals surface area (Å²) in [4.78, 5) is 23.2. The smallest absolute Gasteiger partial charge is 0.273 e. The van der Waals surface area contributed by atoms with Crippen LogP contribution in [0.4, 0.5) is 5.69 Å². The molecule has 0 radical (unpaired) electrons. The summed E-state index contributed by atoms with van der Waals surface area (Å²) in [6.45, 7) is 2.08. The van der Waals surface area contributed by atoms with Crippen molar-refractivity contribution in [3.8, 4) is 27.6 Å². The monoisotopic (exact) mass is 496 g/mol. The van der Waals surface area contributed by atoms with Gasteiger partial charge in [-0.3, -0.25) is 9.20 Å². The maximum absolute atomic E-state index is 13.1. The summed E-state index contributed by atoms with van der Waals surface area (Å²) >= 11 is 3.11. The molecule has 8 heteroatoms. The Bertz CT molecular complexity index is 1700. The van der Waals surface area contributed by atoms with Crippen LogP contribution in [0.15, 0.2) is 78.3 Å². The van der Waals surface area contributed by atoms with E-state index in [2.05, 4.69) is 35.4 Å². The van der Waals surface area contributed by atoms with Gasteiger partial charge in [-0.25, -0.2) is 9.97 Å². The van der Waals surface area contributed by atoms with Gasteiger partial charge < -0.3 is 10.1 Å². The minimum absolute atomic E-state index is 0.186. The molecular formula is C27H20N4O2S2. The van der Waals surface area contributed by atoms with Crippen molar-refractivity contribution in [3.63, 3.8) is 0 Å². The Morgan fingerprint density at radius 1 is 1.00 bits per heavy atom. The van der Waals surface area contributed by atoms with Crippen LogP contribution < -0.4 is 10.1 Å². The lowest BCUT2D eigenvalue weighted by Gasteiger charge is -2.05. The molecule has 35 heavy (non-hydrogen) atoms. The summed E-state index contributed by atoms with van der Waals surface area (Å²) in [7, 11) is 1.64. The van der Waals surface area contributed by atoms with E-state index < -0.39 is 0 Å². The highest BCUT2D eigenvalue weighted by Gasteiger charge is 2.16. The number of anilines is 1. The number of rotatable bonds is 5. The highest BCUT2D eigenvalue weighted by atomic mass is 32.1. The number of carbonyl (C=O) groups is 1. The van der Waals surface area contributed by atoms with Gasteiger partial charge in [0.25, 0.3) is 5.91 Å². The summed E-state index contributed by atoms with van der Waals surface area (Å²) in [6, 6.07) is 21.8. The molecule has 0 saturated carbocycles. The van der Waals surface area contributed by atoms with Crippen molar-refractivity contribution in [2.45, 2.75) is 6.92 Å². The molecule has 1 N–H and O–H groups in total. The lowest BCUT2D eigenvalue weighted by atomic mass is 10.1. The van der Waals surface area contributed by atoms with E-state index >= 15 is 0 Å². The standard InChI is InChI=1S/C27H20N4O2S2/c1-16-6-11-21-24(12-16)35-26(29-21)17-7-9-19(10-8-17)28-25(32)23-15-34-27-30-22(14-31(23)27)18-4-3-5-20(13-18)33-2/h3-15H,1-2H3,(H,28,32). The first-order valence-electron chi connectivity index (χ1n) is 11.0. The van der Waals surface area contributed by atoms with Crippen LogP contribution in [-0.4, -0.2) is 27.4 Å². The molecule has 0 bridgehead atoms. The van der Waals surface area contributed by atoms with Gasteiger partial charge >= 0.3 is 0 Å². The average Bonchev–Trinajstić information content (AvgIpc) is 3.58. The van der Waals surface area contributed by atoms with Gasteiger partial charge in [0, 0.05) is 28.4 Å². The molecule has 1 amide bonds. The van der Waals surface area contributed by atoms with Gasteiger partial charge in [0.2, 0.25) is 0 Å². The quantitative estimate of drug-likeness (QED) is 0.282. The van der Waals surface area contributed by atoms with E-state index in [9.17, 15) is 4.79 Å². The molecule has 3 aromatic carbocycles. The van der Waals surface area contributed by atoms with Crippen LogP contribution in [-0.2, 0) is 0 Å². The summed E-state index contributed by atoms with van der Waals surface area (Å²) < 4.78 is 8.32. The van der Waals surface area contributed by atoms with E-state index in [0.29, 0.717) is 5.69 Å². The van der Waals surface area contributed by atoms with Crippen LogP contribution >= 0.6 is 22.7 Å². The number of thiazole rings is 2. The van der Waals surface area contributed by atoms with Gasteiger partial charge in [0.05, 0.1) is 23.0 Å². The third-order valence-corrected chi connectivity index (χ3v) is 7.65. The molecule has 172 valence electrons. The fourth-order valence-corrected chi connectivity index (χ4v) is 5.84. The minimum atomic E-state index is -0.186. The molecule has 3 heterocycles. The number of carbonyl (C=O) groups excluding carboxylic acids is 1. The van der Waals surface area contributed by atoms with E-state index in [-0.39, 0.29) is 5.91 Å². The first kappa shape index (κ1) is 21.5. The Balaban J connectivity index is 1.23. The van der Waals surface area contributed by atoms with Gasteiger partial charge in [0.1, 0.15) is 16.5 Å². The average molecular weight is 497 g/mol. The molecule has 6 nitrogen and oxygen atoms in total. The maximum atomic E-state index is 13.1. The molecule has 0 aliphatic rings. The number of methoxy groups -OCH3 is 1. The lowest BCUT2D eigenvalue weighted by Crippen LogP contribution is -2.13. The van der Waals surface area contributed by atoms with Crippen molar-refractivity contribution in [2.75, 3.05) is 12.4 Å². The molecule has 6 rings (SSSR count). The third kappa shape index (κ3) is 4.07. The lowest BCUT2D eigenvalue weighted by molar-refractivity contribution is 0.102. The fraction of sp³-hybridized carbons (Fsp3) is 0.0741. The van der Waals surface area contributed by atoms with Crippen LogP contribution in [0.3, 0.4) is 0 Å². The molecule has 0 unspecified atom stereocenters. The molecule has 0 spiro atoms. The van der Waals surface area contributed by atoms with E-state index in [4.69, 9.17) is 9.72 Å². The zero-order valence-electron chi connectivity index (χ0n) is 19.0. The highest BCUT2D eigenvalue weighted by molar-refractivity contribution is 7.21. The van der Waals surface area contributed by atoms with Crippen LogP contribution in [0, 0.1) is 6.92 Å². The fourth-order valence-electron chi connectivity index (χ4n) is 3.92. The Morgan fingerprint density at radius 3 is 2.69 bits per heavy atom. The maximum Gasteiger partial charge on any atom is 0.273 e. The van der Waals surface area contributed by atoms with E-state index in [0.717, 1.165) is 43.7 Å². The number of aryl methyl sites for hydroxylation is 1. The van der Waals surface area contributed by atoms with Crippen LogP contribution in [0.1, 0.15) is 16.1 Å². The first-order chi connectivity index (χ1) is 17.1. The first-order valence-corrected chi connectivity index (χ1v) is 12.7. The SMILES string of the molecule is COc1cccc(-c2cn3c(C(=O)Nc4ccc(-c5nc6ccc(C)cc6s5)cc4)csc3n2)c1. The van der Waals surface area contributed by atoms with Crippen LogP contribution in [0.2, 0.25) is 0 Å². The van der Waals surface area contributed by atoms with E-state index in [1.54, 1.807) is 18.4 Å². The summed E-state index contributed by atoms with van der Waals surface area (Å²) in [5.74, 6) is 0.579. The van der Waals surface area contributed by atoms with Crippen LogP contribution in [0.5, 0.6) is 5.75 Å². The highest BCUT2D eigenvalue weighted by Crippen LogP contribution is 2.32. The number of nitrogens with zero attached hydrogens (tertiary/aromatic N) is 3. The Hall–Kier alpha value is -4.01. The molecule has 0 fully saturated rings. The second-order valence-corrected chi connectivity index (χ2v) is 10.0. The number of fused-ring (bicyclic) bond motifs is 2. The predicted octanol–water partition coefficient (Wildman–Crippen LogP) is 6.91. The Kier molecular flexibility index (Phi) is 5.32. The second-order valence-electron chi connectivity index (χ2n) is 8.15. The van der Waals surface area contributed by atoms with Gasteiger partial charge in [-0.05, 0) is 61.0 Å². The molecule has 6 aromatic rings. The molecule has 0 aliphatic carbocycles. The molecular weight excluding hydrogens is 476 g/mol. The van der Waals surface area contributed by atoms with Crippen molar-refractivity contribution >= 4 is 49.4 Å². The number of hydrogen-bond acceptors (Lipinski definition) is 6. The van der Waals surface area contributed by atoms with Crippen molar-refractivity contribution in [2.24, 2.45) is 0 Å². The number of nitrogens with one attached hydrogen (secondary N) is 1. The normalized spacial score (nSPS) is 11.3. The number of imidazole rings is 1. The minimum Gasteiger partial charge on any atom is -0.497 e. The van der Waals surface area contributed by atoms with E-state index in [1.165, 1.54) is 21.6 Å². The van der Waals surface area contributed by atoms with Crippen molar-refractivity contribution < 1.29 is 9.53 Å². The van der Waals surface area contributed by atoms with Gasteiger partial charge in [0.15, 0.2) is 4.96 Å². The molecule has 0 aliphatic heterocycles. The van der Waals surface area contributed by atoms with Crippen molar-refractivity contribution in [1.82, 2.24) is 14.4 Å². The number of aromatic nitrogens is 3. The predicted molar refractivity (Wildman–Crippen MR) is 143 cm³/mol. The van der Waals surface area contributed by atoms with Crippen molar-refractivity contribution in [1.29, 1.82) is 0 Å². The summed E-state index contributed by atoms with van der Waals surface area (Å²) in [5, 5.41) is 5.79. The number of hydrogen-bond donors (Lipinski definition) is 1. The summed E-state index contributed by atoms with van der Waals surface area (Å²) in [6.07, 6.45) is 1.88. The second kappa shape index (κ2) is 8.65. The number of ether oxygens (including phenoxy) is 1. The van der Waals surface area contributed by atoms with Gasteiger partial charge in [-0.1, -0.05) is 18.2 Å². The Morgan fingerprint density at radius 2 is 1.86 bits per heavy atom. The van der Waals surface area contributed by atoms with Crippen molar-refractivity contribution in [3.05, 3.63) is 89.6 Å². The molecule has 0 atom stereocenters. The Labute approximate surface area is 209 Å². The molecule has 3 aromatic heterocycles. The number of amides is 1. The topological polar surface area (TPSA) is 68.5 Å². The zero-order valence-corrected chi connectivity index (χ0v) is 20.6. The zero-order chi connectivity index (χ0) is 23.9.